The number of thioether (sulfide) groups is 1. The second-order valence-electron chi connectivity index (χ2n) is 4.59. The monoisotopic (exact) mass is 374 g/mol. The molecule has 1 aromatic heterocycles. The fourth-order valence-corrected chi connectivity index (χ4v) is 4.34. The third-order valence-corrected chi connectivity index (χ3v) is 5.27. The molecule has 0 unspecified atom stereocenters. The molecule has 0 aliphatic heterocycles. The summed E-state index contributed by atoms with van der Waals surface area (Å²) in [6.45, 7) is 1.69. The zero-order valence-electron chi connectivity index (χ0n) is 12.8. The van der Waals surface area contributed by atoms with Crippen LogP contribution >= 0.6 is 23.1 Å². The van der Waals surface area contributed by atoms with Crippen LogP contribution in [0, 0.1) is 0 Å². The molecule has 0 aliphatic rings. The number of carbonyl (C=O) groups is 2. The van der Waals surface area contributed by atoms with Gasteiger partial charge in [0.05, 0.1) is 27.5 Å². The third-order valence-electron chi connectivity index (χ3n) is 3.16. The maximum Gasteiger partial charge on any atom is 0.417 e. The van der Waals surface area contributed by atoms with Crippen molar-refractivity contribution in [2.24, 2.45) is 0 Å². The van der Waals surface area contributed by atoms with Crippen LogP contribution in [0.5, 0.6) is 0 Å². The number of benzene rings is 1. The molecule has 2 rings (SSSR count). The van der Waals surface area contributed by atoms with Crippen molar-refractivity contribution in [1.82, 2.24) is 0 Å². The van der Waals surface area contributed by atoms with Crippen molar-refractivity contribution in [1.29, 1.82) is 0 Å². The van der Waals surface area contributed by atoms with Crippen LogP contribution in [-0.2, 0) is 10.9 Å². The lowest BCUT2D eigenvalue weighted by molar-refractivity contribution is -0.137. The average molecular weight is 374 g/mol. The van der Waals surface area contributed by atoms with Crippen molar-refractivity contribution in [2.75, 3.05) is 12.9 Å². The molecule has 3 nitrogen and oxygen atoms in total. The summed E-state index contributed by atoms with van der Waals surface area (Å²) in [6, 6.07) is 4.97. The standard InChI is InChI=1S/C16H13F3O3S2/c1-3-22-15(21)12-13(24-11(8-20)14(12)23-2)9-6-4-5-7-10(9)16(17,18)19/h4-8H,3H2,1-2H3. The number of ether oxygens (including phenoxy) is 1. The van der Waals surface area contributed by atoms with Gasteiger partial charge in [-0.05, 0) is 19.2 Å². The van der Waals surface area contributed by atoms with Crippen molar-refractivity contribution >= 4 is 35.4 Å². The van der Waals surface area contributed by atoms with Gasteiger partial charge >= 0.3 is 12.1 Å². The lowest BCUT2D eigenvalue weighted by Gasteiger charge is -2.13. The van der Waals surface area contributed by atoms with Crippen molar-refractivity contribution in [3.05, 3.63) is 40.3 Å². The molecule has 0 N–H and O–H groups in total. The molecule has 0 bridgehead atoms. The maximum atomic E-state index is 13.3. The minimum absolute atomic E-state index is 0.00755. The lowest BCUT2D eigenvalue weighted by Crippen LogP contribution is -2.09. The van der Waals surface area contributed by atoms with Crippen LogP contribution in [0.2, 0.25) is 0 Å². The molecule has 24 heavy (non-hydrogen) atoms. The fourth-order valence-electron chi connectivity index (χ4n) is 2.22. The lowest BCUT2D eigenvalue weighted by atomic mass is 10.0. The minimum Gasteiger partial charge on any atom is -0.462 e. The van der Waals surface area contributed by atoms with Crippen molar-refractivity contribution in [2.45, 2.75) is 18.0 Å². The zero-order valence-corrected chi connectivity index (χ0v) is 14.4. The Bertz CT molecular complexity index is 766. The Morgan fingerprint density at radius 2 is 2.00 bits per heavy atom. The summed E-state index contributed by atoms with van der Waals surface area (Å²) in [7, 11) is 0. The molecular weight excluding hydrogens is 361 g/mol. The molecule has 128 valence electrons. The van der Waals surface area contributed by atoms with E-state index < -0.39 is 17.7 Å². The molecule has 0 radical (unpaired) electrons. The molecule has 0 spiro atoms. The first-order valence-corrected chi connectivity index (χ1v) is 8.88. The van der Waals surface area contributed by atoms with Crippen LogP contribution in [0.1, 0.15) is 32.5 Å². The Hall–Kier alpha value is -1.80. The van der Waals surface area contributed by atoms with E-state index in [9.17, 15) is 22.8 Å². The number of carbonyl (C=O) groups excluding carboxylic acids is 2. The van der Waals surface area contributed by atoms with Crippen LogP contribution in [0.25, 0.3) is 10.4 Å². The van der Waals surface area contributed by atoms with Gasteiger partial charge in [-0.1, -0.05) is 18.2 Å². The van der Waals surface area contributed by atoms with E-state index in [-0.39, 0.29) is 27.5 Å². The van der Waals surface area contributed by atoms with E-state index in [1.807, 2.05) is 0 Å². The number of hydrogen-bond acceptors (Lipinski definition) is 5. The number of thiophene rings is 1. The maximum absolute atomic E-state index is 13.3. The Balaban J connectivity index is 2.78. The highest BCUT2D eigenvalue weighted by atomic mass is 32.2. The van der Waals surface area contributed by atoms with E-state index in [2.05, 4.69) is 0 Å². The average Bonchev–Trinajstić information content (AvgIpc) is 2.92. The zero-order chi connectivity index (χ0) is 17.9. The molecule has 0 atom stereocenters. The Morgan fingerprint density at radius 3 is 2.54 bits per heavy atom. The summed E-state index contributed by atoms with van der Waals surface area (Å²) in [5.41, 5.74) is -0.989. The van der Waals surface area contributed by atoms with Gasteiger partial charge in [-0.15, -0.1) is 23.1 Å². The Kier molecular flexibility index (Phi) is 5.71. The highest BCUT2D eigenvalue weighted by molar-refractivity contribution is 7.99. The molecule has 0 aliphatic carbocycles. The van der Waals surface area contributed by atoms with Crippen LogP contribution in [0.15, 0.2) is 29.2 Å². The summed E-state index contributed by atoms with van der Waals surface area (Å²) in [5, 5.41) is 0. The van der Waals surface area contributed by atoms with Gasteiger partial charge in [0, 0.05) is 10.5 Å². The highest BCUT2D eigenvalue weighted by Gasteiger charge is 2.36. The highest BCUT2D eigenvalue weighted by Crippen LogP contribution is 2.45. The topological polar surface area (TPSA) is 43.4 Å². The van der Waals surface area contributed by atoms with Gasteiger partial charge in [-0.2, -0.15) is 13.2 Å². The molecule has 0 saturated heterocycles. The molecule has 1 heterocycles. The Labute approximate surface area is 144 Å². The minimum atomic E-state index is -4.58. The molecular formula is C16H13F3O3S2. The summed E-state index contributed by atoms with van der Waals surface area (Å²) in [4.78, 5) is 24.2. The van der Waals surface area contributed by atoms with Crippen molar-refractivity contribution in [3.63, 3.8) is 0 Å². The van der Waals surface area contributed by atoms with Gasteiger partial charge in [-0.25, -0.2) is 4.79 Å². The van der Waals surface area contributed by atoms with Gasteiger partial charge < -0.3 is 4.74 Å². The van der Waals surface area contributed by atoms with E-state index in [1.165, 1.54) is 18.2 Å². The van der Waals surface area contributed by atoms with Crippen LogP contribution in [0.4, 0.5) is 13.2 Å². The molecule has 8 heteroatoms. The van der Waals surface area contributed by atoms with Gasteiger partial charge in [0.2, 0.25) is 0 Å². The number of alkyl halides is 3. The molecule has 0 amide bonds. The number of aldehydes is 1. The van der Waals surface area contributed by atoms with Gasteiger partial charge in [0.25, 0.3) is 0 Å². The van der Waals surface area contributed by atoms with Gasteiger partial charge in [0.1, 0.15) is 0 Å². The summed E-state index contributed by atoms with van der Waals surface area (Å²) >= 11 is 1.99. The summed E-state index contributed by atoms with van der Waals surface area (Å²) in [5.74, 6) is -0.738. The summed E-state index contributed by atoms with van der Waals surface area (Å²) < 4.78 is 44.9. The number of esters is 1. The van der Waals surface area contributed by atoms with E-state index in [4.69, 9.17) is 4.74 Å². The number of halogens is 3. The van der Waals surface area contributed by atoms with E-state index >= 15 is 0 Å². The Morgan fingerprint density at radius 1 is 1.33 bits per heavy atom. The van der Waals surface area contributed by atoms with E-state index in [0.717, 1.165) is 29.2 Å². The van der Waals surface area contributed by atoms with Crippen LogP contribution in [-0.4, -0.2) is 25.1 Å². The van der Waals surface area contributed by atoms with E-state index in [1.54, 1.807) is 13.2 Å². The normalized spacial score (nSPS) is 11.4. The van der Waals surface area contributed by atoms with Gasteiger partial charge in [-0.3, -0.25) is 4.79 Å². The first kappa shape index (κ1) is 18.5. The molecule has 0 fully saturated rings. The molecule has 1 aromatic carbocycles. The number of rotatable bonds is 5. The fraction of sp³-hybridized carbons (Fsp3) is 0.250. The number of hydrogen-bond donors (Lipinski definition) is 0. The van der Waals surface area contributed by atoms with E-state index in [0.29, 0.717) is 11.2 Å². The third kappa shape index (κ3) is 3.49. The first-order chi connectivity index (χ1) is 11.3. The quantitative estimate of drug-likeness (QED) is 0.413. The molecule has 2 aromatic rings. The largest absolute Gasteiger partial charge is 0.462 e. The van der Waals surface area contributed by atoms with Crippen LogP contribution < -0.4 is 0 Å². The molecule has 0 saturated carbocycles. The predicted molar refractivity (Wildman–Crippen MR) is 87.9 cm³/mol. The summed E-state index contributed by atoms with van der Waals surface area (Å²) in [6.07, 6.45) is -2.39. The second-order valence-corrected chi connectivity index (χ2v) is 6.45. The smallest absolute Gasteiger partial charge is 0.417 e. The first-order valence-electron chi connectivity index (χ1n) is 6.84. The second kappa shape index (κ2) is 7.40. The van der Waals surface area contributed by atoms with Crippen LogP contribution in [0.3, 0.4) is 0 Å². The van der Waals surface area contributed by atoms with Crippen molar-refractivity contribution in [3.8, 4) is 10.4 Å². The predicted octanol–water partition coefficient (Wildman–Crippen LogP) is 5.15. The SMILES string of the molecule is CCOC(=O)c1c(-c2ccccc2C(F)(F)F)sc(C=O)c1SC. The van der Waals surface area contributed by atoms with Crippen molar-refractivity contribution < 1.29 is 27.5 Å². The van der Waals surface area contributed by atoms with Gasteiger partial charge in [0.15, 0.2) is 6.29 Å².